The van der Waals surface area contributed by atoms with E-state index in [0.717, 1.165) is 17.9 Å². The molecular formula is C13H24N4. The third kappa shape index (κ3) is 3.58. The van der Waals surface area contributed by atoms with E-state index in [1.165, 1.54) is 6.33 Å². The maximum atomic E-state index is 5.76. The molecule has 0 spiro atoms. The first kappa shape index (κ1) is 13.7. The molecule has 1 rings (SSSR count). The van der Waals surface area contributed by atoms with Crippen LogP contribution in [0, 0.1) is 24.7 Å². The molecule has 96 valence electrons. The van der Waals surface area contributed by atoms with Crippen LogP contribution in [0.25, 0.3) is 0 Å². The van der Waals surface area contributed by atoms with Crippen LogP contribution in [-0.4, -0.2) is 16.5 Å². The molecule has 0 fully saturated rings. The van der Waals surface area contributed by atoms with Gasteiger partial charge in [0.15, 0.2) is 0 Å². The van der Waals surface area contributed by atoms with Gasteiger partial charge in [0.1, 0.15) is 18.0 Å². The van der Waals surface area contributed by atoms with Crippen molar-refractivity contribution in [2.45, 2.75) is 34.6 Å². The maximum absolute atomic E-state index is 5.76. The Hall–Kier alpha value is -1.32. The van der Waals surface area contributed by atoms with E-state index in [-0.39, 0.29) is 0 Å². The van der Waals surface area contributed by atoms with Gasteiger partial charge in [-0.25, -0.2) is 9.97 Å². The van der Waals surface area contributed by atoms with E-state index in [1.807, 2.05) is 6.92 Å². The van der Waals surface area contributed by atoms with Crippen molar-refractivity contribution >= 4 is 11.6 Å². The Kier molecular flexibility index (Phi) is 4.73. The predicted molar refractivity (Wildman–Crippen MR) is 72.8 cm³/mol. The van der Waals surface area contributed by atoms with Crippen LogP contribution in [0.5, 0.6) is 0 Å². The number of nitrogens with two attached hydrogens (primary N) is 1. The third-order valence-corrected chi connectivity index (χ3v) is 3.34. The van der Waals surface area contributed by atoms with Crippen molar-refractivity contribution in [3.8, 4) is 0 Å². The van der Waals surface area contributed by atoms with Crippen LogP contribution < -0.4 is 11.1 Å². The highest BCUT2D eigenvalue weighted by atomic mass is 15.0. The Morgan fingerprint density at radius 3 is 2.29 bits per heavy atom. The molecule has 17 heavy (non-hydrogen) atoms. The molecule has 4 nitrogen and oxygen atoms in total. The van der Waals surface area contributed by atoms with Gasteiger partial charge in [-0.2, -0.15) is 0 Å². The van der Waals surface area contributed by atoms with Gasteiger partial charge in [0.25, 0.3) is 0 Å². The number of rotatable bonds is 5. The molecule has 0 radical (unpaired) electrons. The number of nitrogen functional groups attached to an aromatic ring is 1. The van der Waals surface area contributed by atoms with E-state index in [0.29, 0.717) is 23.6 Å². The summed E-state index contributed by atoms with van der Waals surface area (Å²) < 4.78 is 0. The first-order chi connectivity index (χ1) is 7.93. The number of nitrogens with zero attached hydrogens (tertiary/aromatic N) is 2. The molecule has 4 heteroatoms. The minimum Gasteiger partial charge on any atom is -0.383 e. The fourth-order valence-corrected chi connectivity index (χ4v) is 2.10. The van der Waals surface area contributed by atoms with Crippen LogP contribution in [0.3, 0.4) is 0 Å². The quantitative estimate of drug-likeness (QED) is 0.825. The standard InChI is InChI=1S/C13H24N4/c1-8(2)11(9(3)4)6-15-13-10(5)12(14)16-7-17-13/h7-9,11H,6H2,1-5H3,(H3,14,15,16,17). The summed E-state index contributed by atoms with van der Waals surface area (Å²) in [5.74, 6) is 3.34. The maximum Gasteiger partial charge on any atom is 0.134 e. The summed E-state index contributed by atoms with van der Waals surface area (Å²) in [6.07, 6.45) is 1.50. The predicted octanol–water partition coefficient (Wildman–Crippen LogP) is 2.71. The summed E-state index contributed by atoms with van der Waals surface area (Å²) in [7, 11) is 0. The minimum absolute atomic E-state index is 0.549. The summed E-state index contributed by atoms with van der Waals surface area (Å²) in [6.45, 7) is 11.9. The zero-order valence-corrected chi connectivity index (χ0v) is 11.5. The van der Waals surface area contributed by atoms with Gasteiger partial charge in [-0.05, 0) is 24.7 Å². The highest BCUT2D eigenvalue weighted by Gasteiger charge is 2.17. The van der Waals surface area contributed by atoms with Crippen molar-refractivity contribution in [3.63, 3.8) is 0 Å². The number of aromatic nitrogens is 2. The highest BCUT2D eigenvalue weighted by Crippen LogP contribution is 2.22. The fraction of sp³-hybridized carbons (Fsp3) is 0.692. The van der Waals surface area contributed by atoms with Crippen molar-refractivity contribution in [2.24, 2.45) is 17.8 Å². The number of hydrogen-bond donors (Lipinski definition) is 2. The molecule has 1 aromatic heterocycles. The first-order valence-electron chi connectivity index (χ1n) is 6.24. The van der Waals surface area contributed by atoms with Gasteiger partial charge in [-0.15, -0.1) is 0 Å². The zero-order chi connectivity index (χ0) is 13.0. The molecule has 0 saturated heterocycles. The lowest BCUT2D eigenvalue weighted by Crippen LogP contribution is -2.25. The minimum atomic E-state index is 0.549. The molecule has 0 aliphatic heterocycles. The van der Waals surface area contributed by atoms with E-state index in [2.05, 4.69) is 43.0 Å². The Balaban J connectivity index is 2.69. The third-order valence-electron chi connectivity index (χ3n) is 3.34. The molecular weight excluding hydrogens is 212 g/mol. The van der Waals surface area contributed by atoms with Crippen LogP contribution in [0.4, 0.5) is 11.6 Å². The second kappa shape index (κ2) is 5.84. The zero-order valence-electron chi connectivity index (χ0n) is 11.5. The van der Waals surface area contributed by atoms with Crippen molar-refractivity contribution in [1.29, 1.82) is 0 Å². The van der Waals surface area contributed by atoms with Gasteiger partial charge in [0, 0.05) is 12.1 Å². The molecule has 0 aliphatic rings. The smallest absolute Gasteiger partial charge is 0.134 e. The SMILES string of the molecule is Cc1c(N)ncnc1NCC(C(C)C)C(C)C. The molecule has 1 heterocycles. The Morgan fingerprint density at radius 1 is 1.18 bits per heavy atom. The lowest BCUT2D eigenvalue weighted by Gasteiger charge is -2.25. The van der Waals surface area contributed by atoms with E-state index in [9.17, 15) is 0 Å². The van der Waals surface area contributed by atoms with E-state index in [4.69, 9.17) is 5.73 Å². The summed E-state index contributed by atoms with van der Waals surface area (Å²) in [6, 6.07) is 0. The second-order valence-corrected chi connectivity index (χ2v) is 5.27. The number of hydrogen-bond acceptors (Lipinski definition) is 4. The van der Waals surface area contributed by atoms with Crippen molar-refractivity contribution < 1.29 is 0 Å². The van der Waals surface area contributed by atoms with Gasteiger partial charge in [-0.1, -0.05) is 27.7 Å². The average molecular weight is 236 g/mol. The van der Waals surface area contributed by atoms with Gasteiger partial charge >= 0.3 is 0 Å². The normalized spacial score (nSPS) is 11.5. The van der Waals surface area contributed by atoms with Crippen molar-refractivity contribution in [2.75, 3.05) is 17.6 Å². The fourth-order valence-electron chi connectivity index (χ4n) is 2.10. The van der Waals surface area contributed by atoms with Crippen LogP contribution >= 0.6 is 0 Å². The molecule has 1 aromatic rings. The summed E-state index contributed by atoms with van der Waals surface area (Å²) >= 11 is 0. The van der Waals surface area contributed by atoms with Crippen LogP contribution in [0.15, 0.2) is 6.33 Å². The Bertz CT molecular complexity index is 352. The van der Waals surface area contributed by atoms with E-state index in [1.54, 1.807) is 0 Å². The largest absolute Gasteiger partial charge is 0.383 e. The second-order valence-electron chi connectivity index (χ2n) is 5.27. The molecule has 0 aliphatic carbocycles. The van der Waals surface area contributed by atoms with Crippen LogP contribution in [-0.2, 0) is 0 Å². The topological polar surface area (TPSA) is 63.8 Å². The Labute approximate surface area is 104 Å². The summed E-state index contributed by atoms with van der Waals surface area (Å²) in [4.78, 5) is 8.19. The van der Waals surface area contributed by atoms with Crippen LogP contribution in [0.2, 0.25) is 0 Å². The van der Waals surface area contributed by atoms with Gasteiger partial charge in [0.2, 0.25) is 0 Å². The monoisotopic (exact) mass is 236 g/mol. The molecule has 0 amide bonds. The number of nitrogens with one attached hydrogen (secondary N) is 1. The lowest BCUT2D eigenvalue weighted by atomic mass is 9.85. The van der Waals surface area contributed by atoms with Crippen molar-refractivity contribution in [1.82, 2.24) is 9.97 Å². The average Bonchev–Trinajstić information content (AvgIpc) is 2.23. The molecule has 0 atom stereocenters. The highest BCUT2D eigenvalue weighted by molar-refractivity contribution is 5.53. The van der Waals surface area contributed by atoms with E-state index < -0.39 is 0 Å². The number of anilines is 2. The molecule has 0 saturated carbocycles. The summed E-state index contributed by atoms with van der Waals surface area (Å²) in [5.41, 5.74) is 6.68. The van der Waals surface area contributed by atoms with Gasteiger partial charge < -0.3 is 11.1 Å². The van der Waals surface area contributed by atoms with Crippen molar-refractivity contribution in [3.05, 3.63) is 11.9 Å². The van der Waals surface area contributed by atoms with Crippen LogP contribution in [0.1, 0.15) is 33.3 Å². The molecule has 0 aromatic carbocycles. The first-order valence-corrected chi connectivity index (χ1v) is 6.24. The summed E-state index contributed by atoms with van der Waals surface area (Å²) in [5, 5.41) is 3.39. The lowest BCUT2D eigenvalue weighted by molar-refractivity contribution is 0.304. The molecule has 0 bridgehead atoms. The molecule has 0 unspecified atom stereocenters. The van der Waals surface area contributed by atoms with Gasteiger partial charge in [-0.3, -0.25) is 0 Å². The Morgan fingerprint density at radius 2 is 1.76 bits per heavy atom. The van der Waals surface area contributed by atoms with Gasteiger partial charge in [0.05, 0.1) is 0 Å². The van der Waals surface area contributed by atoms with E-state index >= 15 is 0 Å². The molecule has 3 N–H and O–H groups in total.